The summed E-state index contributed by atoms with van der Waals surface area (Å²) in [6, 6.07) is 5.44. The Morgan fingerprint density at radius 3 is 3.04 bits per heavy atom. The lowest BCUT2D eigenvalue weighted by Gasteiger charge is -2.05. The van der Waals surface area contributed by atoms with E-state index in [2.05, 4.69) is 15.1 Å². The minimum absolute atomic E-state index is 0.155. The lowest BCUT2D eigenvalue weighted by Crippen LogP contribution is -2.20. The topological polar surface area (TPSA) is 87.5 Å². The van der Waals surface area contributed by atoms with Crippen molar-refractivity contribution in [3.05, 3.63) is 58.8 Å². The molecule has 8 nitrogen and oxygen atoms in total. The second-order valence-electron chi connectivity index (χ2n) is 5.06. The van der Waals surface area contributed by atoms with Crippen LogP contribution in [0.4, 0.5) is 0 Å². The molecule has 0 spiro atoms. The van der Waals surface area contributed by atoms with Gasteiger partial charge in [-0.15, -0.1) is 5.10 Å². The van der Waals surface area contributed by atoms with E-state index in [0.29, 0.717) is 41.4 Å². The van der Waals surface area contributed by atoms with Crippen molar-refractivity contribution in [2.75, 3.05) is 7.11 Å². The highest BCUT2D eigenvalue weighted by atomic mass is 16.5. The number of hydrogen-bond acceptors (Lipinski definition) is 6. The molecule has 8 heteroatoms. The van der Waals surface area contributed by atoms with Gasteiger partial charge in [0.1, 0.15) is 12.4 Å². The molecule has 0 aliphatic heterocycles. The van der Waals surface area contributed by atoms with Crippen molar-refractivity contribution in [3.63, 3.8) is 0 Å². The molecule has 0 bridgehead atoms. The highest BCUT2D eigenvalue weighted by Gasteiger charge is 2.11. The first-order valence-corrected chi connectivity index (χ1v) is 7.01. The van der Waals surface area contributed by atoms with E-state index in [1.54, 1.807) is 34.7 Å². The van der Waals surface area contributed by atoms with Crippen LogP contribution in [0.2, 0.25) is 0 Å². The molecule has 23 heavy (non-hydrogen) atoms. The molecule has 4 heterocycles. The van der Waals surface area contributed by atoms with E-state index in [1.165, 1.54) is 6.20 Å². The Balaban J connectivity index is 1.87. The summed E-state index contributed by atoms with van der Waals surface area (Å²) in [6.07, 6.45) is 4.82. The van der Waals surface area contributed by atoms with Crippen LogP contribution in [-0.4, -0.2) is 31.3 Å². The average Bonchev–Trinajstić information content (AvgIpc) is 3.19. The van der Waals surface area contributed by atoms with Crippen molar-refractivity contribution >= 4 is 16.7 Å². The van der Waals surface area contributed by atoms with Gasteiger partial charge in [-0.1, -0.05) is 0 Å². The van der Waals surface area contributed by atoms with Gasteiger partial charge in [0.25, 0.3) is 11.3 Å². The van der Waals surface area contributed by atoms with Gasteiger partial charge in [-0.25, -0.2) is 4.98 Å². The minimum Gasteiger partial charge on any atom is -0.467 e. The summed E-state index contributed by atoms with van der Waals surface area (Å²) >= 11 is 0. The number of aromatic nitrogens is 5. The van der Waals surface area contributed by atoms with Gasteiger partial charge in [0.05, 0.1) is 23.7 Å². The van der Waals surface area contributed by atoms with Crippen LogP contribution in [-0.2, 0) is 17.9 Å². The summed E-state index contributed by atoms with van der Waals surface area (Å²) in [5.41, 5.74) is 0.502. The average molecular weight is 311 g/mol. The zero-order valence-corrected chi connectivity index (χ0v) is 12.3. The third-order valence-corrected chi connectivity index (χ3v) is 3.53. The van der Waals surface area contributed by atoms with Crippen LogP contribution < -0.4 is 5.56 Å². The van der Waals surface area contributed by atoms with Crippen LogP contribution in [0.25, 0.3) is 16.7 Å². The molecule has 0 radical (unpaired) electrons. The number of ether oxygens (including phenoxy) is 1. The predicted octanol–water partition coefficient (Wildman–Crippen LogP) is 1.23. The Morgan fingerprint density at radius 2 is 2.26 bits per heavy atom. The van der Waals surface area contributed by atoms with Gasteiger partial charge in [0, 0.05) is 19.5 Å². The maximum absolute atomic E-state index is 12.6. The van der Waals surface area contributed by atoms with E-state index in [9.17, 15) is 4.79 Å². The van der Waals surface area contributed by atoms with Gasteiger partial charge < -0.3 is 13.7 Å². The van der Waals surface area contributed by atoms with Crippen LogP contribution >= 0.6 is 0 Å². The normalized spacial score (nSPS) is 11.5. The van der Waals surface area contributed by atoms with E-state index in [4.69, 9.17) is 9.15 Å². The third kappa shape index (κ3) is 2.29. The van der Waals surface area contributed by atoms with Crippen LogP contribution in [0.15, 0.2) is 46.1 Å². The molecular weight excluding hydrogens is 298 g/mol. The fourth-order valence-electron chi connectivity index (χ4n) is 2.49. The summed E-state index contributed by atoms with van der Waals surface area (Å²) in [5.74, 6) is 1.67. The fourth-order valence-corrected chi connectivity index (χ4v) is 2.49. The molecule has 0 N–H and O–H groups in total. The second-order valence-corrected chi connectivity index (χ2v) is 5.06. The number of furan rings is 1. The highest BCUT2D eigenvalue weighted by Crippen LogP contribution is 2.11. The monoisotopic (exact) mass is 311 g/mol. The third-order valence-electron chi connectivity index (χ3n) is 3.53. The van der Waals surface area contributed by atoms with Gasteiger partial charge >= 0.3 is 0 Å². The van der Waals surface area contributed by atoms with Gasteiger partial charge in [-0.05, 0) is 18.2 Å². The zero-order chi connectivity index (χ0) is 15.8. The van der Waals surface area contributed by atoms with Crippen LogP contribution in [0, 0.1) is 0 Å². The molecule has 4 aromatic rings. The Bertz CT molecular complexity index is 1030. The maximum atomic E-state index is 12.6. The Kier molecular flexibility index (Phi) is 3.16. The van der Waals surface area contributed by atoms with Crippen molar-refractivity contribution in [1.82, 2.24) is 24.1 Å². The Labute approximate surface area is 130 Å². The standard InChI is InChI=1S/C15H13N5O3/c1-22-9-13-17-15-16-7-11-12(20(15)18-13)4-5-19(14(11)21)8-10-3-2-6-23-10/h2-7H,8-9H2,1H3. The first-order chi connectivity index (χ1) is 11.3. The van der Waals surface area contributed by atoms with Crippen LogP contribution in [0.1, 0.15) is 11.6 Å². The van der Waals surface area contributed by atoms with Gasteiger partial charge in [0.15, 0.2) is 5.82 Å². The van der Waals surface area contributed by atoms with E-state index < -0.39 is 0 Å². The van der Waals surface area contributed by atoms with Gasteiger partial charge in [0.2, 0.25) is 0 Å². The van der Waals surface area contributed by atoms with Crippen molar-refractivity contribution < 1.29 is 9.15 Å². The molecule has 4 rings (SSSR count). The van der Waals surface area contributed by atoms with Crippen molar-refractivity contribution in [2.45, 2.75) is 13.2 Å². The first kappa shape index (κ1) is 13.6. The molecule has 0 saturated carbocycles. The first-order valence-electron chi connectivity index (χ1n) is 7.01. The molecule has 0 fully saturated rings. The van der Waals surface area contributed by atoms with Crippen LogP contribution in [0.3, 0.4) is 0 Å². The molecule has 0 aliphatic carbocycles. The smallest absolute Gasteiger partial charge is 0.261 e. The van der Waals surface area contributed by atoms with Crippen molar-refractivity contribution in [2.24, 2.45) is 0 Å². The van der Waals surface area contributed by atoms with E-state index >= 15 is 0 Å². The molecule has 0 aliphatic rings. The Hall–Kier alpha value is -3.00. The van der Waals surface area contributed by atoms with E-state index in [1.807, 2.05) is 12.1 Å². The van der Waals surface area contributed by atoms with Crippen LogP contribution in [0.5, 0.6) is 0 Å². The number of nitrogens with zero attached hydrogens (tertiary/aromatic N) is 5. The highest BCUT2D eigenvalue weighted by molar-refractivity contribution is 5.78. The second kappa shape index (κ2) is 5.33. The molecule has 0 atom stereocenters. The summed E-state index contributed by atoms with van der Waals surface area (Å²) in [5, 5.41) is 4.80. The molecule has 116 valence electrons. The minimum atomic E-state index is -0.155. The molecular formula is C15H13N5O3. The number of hydrogen-bond donors (Lipinski definition) is 0. The molecule has 0 unspecified atom stereocenters. The number of methoxy groups -OCH3 is 1. The Morgan fingerprint density at radius 1 is 1.35 bits per heavy atom. The van der Waals surface area contributed by atoms with Crippen molar-refractivity contribution in [1.29, 1.82) is 0 Å². The molecule has 0 saturated heterocycles. The summed E-state index contributed by atoms with van der Waals surface area (Å²) in [4.78, 5) is 21.1. The molecule has 0 aromatic carbocycles. The quantitative estimate of drug-likeness (QED) is 0.563. The summed E-state index contributed by atoms with van der Waals surface area (Å²) < 4.78 is 13.4. The lowest BCUT2D eigenvalue weighted by molar-refractivity contribution is 0.178. The maximum Gasteiger partial charge on any atom is 0.261 e. The number of fused-ring (bicyclic) bond motifs is 3. The summed E-state index contributed by atoms with van der Waals surface area (Å²) in [7, 11) is 1.57. The largest absolute Gasteiger partial charge is 0.467 e. The molecule has 0 amide bonds. The van der Waals surface area contributed by atoms with E-state index in [-0.39, 0.29) is 5.56 Å². The van der Waals surface area contributed by atoms with Gasteiger partial charge in [-0.2, -0.15) is 9.50 Å². The predicted molar refractivity (Wildman–Crippen MR) is 81.1 cm³/mol. The SMILES string of the molecule is COCc1nc2ncc3c(=O)n(Cc4ccco4)ccc3n2n1. The van der Waals surface area contributed by atoms with Gasteiger partial charge in [-0.3, -0.25) is 4.79 Å². The van der Waals surface area contributed by atoms with E-state index in [0.717, 1.165) is 0 Å². The lowest BCUT2D eigenvalue weighted by atomic mass is 10.3. The summed E-state index contributed by atoms with van der Waals surface area (Å²) in [6.45, 7) is 0.659. The van der Waals surface area contributed by atoms with Crippen molar-refractivity contribution in [3.8, 4) is 0 Å². The number of rotatable bonds is 4. The number of pyridine rings is 1. The fraction of sp³-hybridized carbons (Fsp3) is 0.200. The zero-order valence-electron chi connectivity index (χ0n) is 12.3. The molecule has 4 aromatic heterocycles.